The van der Waals surface area contributed by atoms with E-state index in [-0.39, 0.29) is 5.78 Å². The Morgan fingerprint density at radius 1 is 1.24 bits per heavy atom. The zero-order valence-corrected chi connectivity index (χ0v) is 11.5. The second-order valence-corrected chi connectivity index (χ2v) is 5.53. The van der Waals surface area contributed by atoms with E-state index < -0.39 is 0 Å². The van der Waals surface area contributed by atoms with E-state index in [0.29, 0.717) is 12.5 Å². The minimum atomic E-state index is 0.225. The predicted molar refractivity (Wildman–Crippen MR) is 73.3 cm³/mol. The molecule has 2 rings (SSSR count). The normalized spacial score (nSPS) is 16.3. The Labute approximate surface area is 111 Å². The van der Waals surface area contributed by atoms with Gasteiger partial charge in [0.15, 0.2) is 5.78 Å². The molecule has 0 aromatic heterocycles. The van der Waals surface area contributed by atoms with Crippen LogP contribution < -0.4 is 5.32 Å². The summed E-state index contributed by atoms with van der Waals surface area (Å²) in [6.45, 7) is 0.805. The third-order valence-electron chi connectivity index (χ3n) is 3.31. The number of carbonyl (C=O) groups is 1. The van der Waals surface area contributed by atoms with E-state index in [1.54, 1.807) is 0 Å². The molecule has 0 unspecified atom stereocenters. The number of hydrogen-bond acceptors (Lipinski definition) is 2. The maximum absolute atomic E-state index is 11.9. The van der Waals surface area contributed by atoms with Gasteiger partial charge in [-0.25, -0.2) is 0 Å². The van der Waals surface area contributed by atoms with Gasteiger partial charge in [-0.15, -0.1) is 0 Å². The molecule has 92 valence electrons. The number of carbonyl (C=O) groups excluding carboxylic acids is 1. The molecular formula is C14H18BrNO. The van der Waals surface area contributed by atoms with Gasteiger partial charge in [-0.2, -0.15) is 0 Å². The van der Waals surface area contributed by atoms with Crippen LogP contribution in [0.4, 0.5) is 0 Å². The Morgan fingerprint density at radius 2 is 1.88 bits per heavy atom. The zero-order chi connectivity index (χ0) is 12.1. The molecule has 2 nitrogen and oxygen atoms in total. The standard InChI is InChI=1S/C14H18BrNO/c15-12-7-5-11(6-8-12)14(17)9-10-16-13-3-1-2-4-13/h5-8,13,16H,1-4,9-10H2. The molecule has 0 amide bonds. The minimum Gasteiger partial charge on any atom is -0.314 e. The molecule has 1 aliphatic rings. The van der Waals surface area contributed by atoms with Gasteiger partial charge in [0.2, 0.25) is 0 Å². The highest BCUT2D eigenvalue weighted by Crippen LogP contribution is 2.17. The molecule has 0 saturated heterocycles. The van der Waals surface area contributed by atoms with Crippen LogP contribution in [0, 0.1) is 0 Å². The number of nitrogens with one attached hydrogen (secondary N) is 1. The van der Waals surface area contributed by atoms with Gasteiger partial charge in [-0.1, -0.05) is 40.9 Å². The first-order valence-corrected chi connectivity index (χ1v) is 7.07. The molecule has 0 bridgehead atoms. The van der Waals surface area contributed by atoms with Gasteiger partial charge in [0, 0.05) is 29.0 Å². The number of hydrogen-bond donors (Lipinski definition) is 1. The quantitative estimate of drug-likeness (QED) is 0.842. The zero-order valence-electron chi connectivity index (χ0n) is 9.92. The van der Waals surface area contributed by atoms with Gasteiger partial charge in [-0.05, 0) is 25.0 Å². The van der Waals surface area contributed by atoms with Crippen LogP contribution in [-0.4, -0.2) is 18.4 Å². The third-order valence-corrected chi connectivity index (χ3v) is 3.84. The molecule has 0 spiro atoms. The van der Waals surface area contributed by atoms with Gasteiger partial charge in [0.25, 0.3) is 0 Å². The maximum atomic E-state index is 11.9. The molecule has 0 heterocycles. The maximum Gasteiger partial charge on any atom is 0.164 e. The molecule has 1 saturated carbocycles. The lowest BCUT2D eigenvalue weighted by Gasteiger charge is -2.10. The lowest BCUT2D eigenvalue weighted by molar-refractivity contribution is 0.0981. The molecular weight excluding hydrogens is 278 g/mol. The second kappa shape index (κ2) is 6.31. The Bertz CT molecular complexity index is 368. The molecule has 0 aliphatic heterocycles. The number of halogens is 1. The van der Waals surface area contributed by atoms with E-state index in [1.165, 1.54) is 25.7 Å². The van der Waals surface area contributed by atoms with E-state index in [1.807, 2.05) is 24.3 Å². The summed E-state index contributed by atoms with van der Waals surface area (Å²) in [4.78, 5) is 11.9. The van der Waals surface area contributed by atoms with Crippen LogP contribution in [0.2, 0.25) is 0 Å². The van der Waals surface area contributed by atoms with Crippen LogP contribution in [0.15, 0.2) is 28.7 Å². The van der Waals surface area contributed by atoms with Gasteiger partial charge in [-0.3, -0.25) is 4.79 Å². The van der Waals surface area contributed by atoms with Gasteiger partial charge in [0.1, 0.15) is 0 Å². The summed E-state index contributed by atoms with van der Waals surface area (Å²) in [6.07, 6.45) is 5.80. The monoisotopic (exact) mass is 295 g/mol. The summed E-state index contributed by atoms with van der Waals surface area (Å²) in [7, 11) is 0. The van der Waals surface area contributed by atoms with Crippen molar-refractivity contribution in [3.05, 3.63) is 34.3 Å². The Balaban J connectivity index is 1.75. The third kappa shape index (κ3) is 3.93. The van der Waals surface area contributed by atoms with Crippen molar-refractivity contribution >= 4 is 21.7 Å². The highest BCUT2D eigenvalue weighted by Gasteiger charge is 2.14. The topological polar surface area (TPSA) is 29.1 Å². The fourth-order valence-corrected chi connectivity index (χ4v) is 2.56. The van der Waals surface area contributed by atoms with Gasteiger partial charge >= 0.3 is 0 Å². The fourth-order valence-electron chi connectivity index (χ4n) is 2.30. The number of Topliss-reactive ketones (excluding diaryl/α,β-unsaturated/α-hetero) is 1. The molecule has 1 fully saturated rings. The highest BCUT2D eigenvalue weighted by atomic mass is 79.9. The highest BCUT2D eigenvalue weighted by molar-refractivity contribution is 9.10. The first kappa shape index (κ1) is 12.8. The van der Waals surface area contributed by atoms with Gasteiger partial charge < -0.3 is 5.32 Å². The lowest BCUT2D eigenvalue weighted by atomic mass is 10.1. The second-order valence-electron chi connectivity index (χ2n) is 4.62. The average Bonchev–Trinajstić information content (AvgIpc) is 2.83. The van der Waals surface area contributed by atoms with Crippen molar-refractivity contribution < 1.29 is 4.79 Å². The van der Waals surface area contributed by atoms with Crippen LogP contribution in [0.5, 0.6) is 0 Å². The molecule has 17 heavy (non-hydrogen) atoms. The first-order valence-electron chi connectivity index (χ1n) is 6.28. The van der Waals surface area contributed by atoms with E-state index in [9.17, 15) is 4.79 Å². The first-order chi connectivity index (χ1) is 8.25. The molecule has 3 heteroatoms. The molecule has 1 aromatic rings. The summed E-state index contributed by atoms with van der Waals surface area (Å²) >= 11 is 3.37. The molecule has 1 aromatic carbocycles. The summed E-state index contributed by atoms with van der Waals surface area (Å²) in [5.74, 6) is 0.225. The lowest BCUT2D eigenvalue weighted by Crippen LogP contribution is -2.28. The van der Waals surface area contributed by atoms with Crippen molar-refractivity contribution in [1.82, 2.24) is 5.32 Å². The molecule has 1 aliphatic carbocycles. The van der Waals surface area contributed by atoms with E-state index in [2.05, 4.69) is 21.2 Å². The molecule has 0 radical (unpaired) electrons. The van der Waals surface area contributed by atoms with Gasteiger partial charge in [0.05, 0.1) is 0 Å². The summed E-state index contributed by atoms with van der Waals surface area (Å²) in [6, 6.07) is 8.23. The van der Waals surface area contributed by atoms with Crippen LogP contribution in [0.1, 0.15) is 42.5 Å². The Morgan fingerprint density at radius 3 is 2.53 bits per heavy atom. The van der Waals surface area contributed by atoms with Crippen molar-refractivity contribution in [3.8, 4) is 0 Å². The van der Waals surface area contributed by atoms with Crippen molar-refractivity contribution in [2.75, 3.05) is 6.54 Å². The smallest absolute Gasteiger partial charge is 0.164 e. The number of ketones is 1. The van der Waals surface area contributed by atoms with E-state index >= 15 is 0 Å². The molecule has 0 atom stereocenters. The average molecular weight is 296 g/mol. The van der Waals surface area contributed by atoms with Crippen LogP contribution in [0.3, 0.4) is 0 Å². The van der Waals surface area contributed by atoms with Crippen molar-refractivity contribution in [2.24, 2.45) is 0 Å². The van der Waals surface area contributed by atoms with Crippen molar-refractivity contribution in [2.45, 2.75) is 38.1 Å². The fraction of sp³-hybridized carbons (Fsp3) is 0.500. The summed E-state index contributed by atoms with van der Waals surface area (Å²) < 4.78 is 1.01. The Kier molecular flexibility index (Phi) is 4.75. The van der Waals surface area contributed by atoms with Crippen molar-refractivity contribution in [3.63, 3.8) is 0 Å². The minimum absolute atomic E-state index is 0.225. The van der Waals surface area contributed by atoms with Crippen molar-refractivity contribution in [1.29, 1.82) is 0 Å². The van der Waals surface area contributed by atoms with Crippen LogP contribution in [0.25, 0.3) is 0 Å². The largest absolute Gasteiger partial charge is 0.314 e. The summed E-state index contributed by atoms with van der Waals surface area (Å²) in [5.41, 5.74) is 0.807. The van der Waals surface area contributed by atoms with Crippen LogP contribution in [-0.2, 0) is 0 Å². The Hall–Kier alpha value is -0.670. The van der Waals surface area contributed by atoms with E-state index in [4.69, 9.17) is 0 Å². The number of benzene rings is 1. The van der Waals surface area contributed by atoms with Crippen LogP contribution >= 0.6 is 15.9 Å². The number of rotatable bonds is 5. The molecule has 1 N–H and O–H groups in total. The predicted octanol–water partition coefficient (Wildman–Crippen LogP) is 3.55. The SMILES string of the molecule is O=C(CCNC1CCCC1)c1ccc(Br)cc1. The summed E-state index contributed by atoms with van der Waals surface area (Å²) in [5, 5.41) is 3.46. The van der Waals surface area contributed by atoms with E-state index in [0.717, 1.165) is 16.6 Å².